The van der Waals surface area contributed by atoms with E-state index in [4.69, 9.17) is 9.26 Å². The van der Waals surface area contributed by atoms with Crippen molar-refractivity contribution in [3.05, 3.63) is 36.2 Å². The molecule has 0 spiro atoms. The van der Waals surface area contributed by atoms with Crippen LogP contribution in [0.2, 0.25) is 0 Å². The van der Waals surface area contributed by atoms with Crippen molar-refractivity contribution in [2.75, 3.05) is 11.8 Å². The van der Waals surface area contributed by atoms with Crippen LogP contribution in [0, 0.1) is 0 Å². The minimum Gasteiger partial charge on any atom is -0.496 e. The number of benzene rings is 1. The summed E-state index contributed by atoms with van der Waals surface area (Å²) in [5, 5.41) is 7.45. The molecule has 11 heteroatoms. The van der Waals surface area contributed by atoms with E-state index in [2.05, 4.69) is 15.0 Å². The number of methoxy groups -OCH3 is 1. The Hall–Kier alpha value is -2.69. The molecule has 0 saturated heterocycles. The molecule has 0 radical (unpaired) electrons. The molecule has 8 nitrogen and oxygen atoms in total. The molecule has 0 amide bonds. The highest BCUT2D eigenvalue weighted by Gasteiger charge is 2.40. The Morgan fingerprint density at radius 2 is 2.10 bits per heavy atom. The van der Waals surface area contributed by atoms with Gasteiger partial charge in [0.05, 0.1) is 18.9 Å². The molecule has 1 fully saturated rings. The summed E-state index contributed by atoms with van der Waals surface area (Å²) in [6.07, 6.45) is 2.37. The standard InChI is InChI=1S/C18H20F2N4O4S/c1-27-14-9-12(11-24-8-2-7-21-24)10-15-16(14)17(22-28-15)23-29(25,26)13-3-5-18(19,20)6-4-13/h2,7-10,13H,3-6,11H2,1H3,(H,22,23). The van der Waals surface area contributed by atoms with Gasteiger partial charge in [0.25, 0.3) is 0 Å². The molecule has 0 atom stereocenters. The highest BCUT2D eigenvalue weighted by molar-refractivity contribution is 7.93. The first-order valence-corrected chi connectivity index (χ1v) is 10.7. The van der Waals surface area contributed by atoms with Crippen LogP contribution in [0.5, 0.6) is 5.75 Å². The second kappa shape index (κ2) is 7.29. The predicted molar refractivity (Wildman–Crippen MR) is 102 cm³/mol. The van der Waals surface area contributed by atoms with Crippen LogP contribution < -0.4 is 9.46 Å². The van der Waals surface area contributed by atoms with Crippen molar-refractivity contribution in [2.45, 2.75) is 43.4 Å². The van der Waals surface area contributed by atoms with Crippen molar-refractivity contribution >= 4 is 26.8 Å². The quantitative estimate of drug-likeness (QED) is 0.649. The van der Waals surface area contributed by atoms with Gasteiger partial charge in [0, 0.05) is 25.2 Å². The van der Waals surface area contributed by atoms with Gasteiger partial charge in [0.15, 0.2) is 11.4 Å². The van der Waals surface area contributed by atoms with Gasteiger partial charge in [-0.15, -0.1) is 0 Å². The molecule has 1 N–H and O–H groups in total. The van der Waals surface area contributed by atoms with Gasteiger partial charge in [0.2, 0.25) is 15.9 Å². The van der Waals surface area contributed by atoms with Gasteiger partial charge in [-0.2, -0.15) is 5.10 Å². The number of hydrogen-bond donors (Lipinski definition) is 1. The minimum atomic E-state index is -3.90. The molecular weight excluding hydrogens is 406 g/mol. The van der Waals surface area contributed by atoms with Crippen molar-refractivity contribution in [2.24, 2.45) is 0 Å². The van der Waals surface area contributed by atoms with Crippen molar-refractivity contribution in [3.8, 4) is 5.75 Å². The van der Waals surface area contributed by atoms with Crippen molar-refractivity contribution in [3.63, 3.8) is 0 Å². The summed E-state index contributed by atoms with van der Waals surface area (Å²) < 4.78 is 67.0. The largest absolute Gasteiger partial charge is 0.496 e. The molecule has 1 aliphatic rings. The van der Waals surface area contributed by atoms with Crippen molar-refractivity contribution in [1.82, 2.24) is 14.9 Å². The van der Waals surface area contributed by atoms with Gasteiger partial charge >= 0.3 is 0 Å². The molecule has 0 unspecified atom stereocenters. The second-order valence-electron chi connectivity index (χ2n) is 7.11. The van der Waals surface area contributed by atoms with Crippen LogP contribution in [-0.2, 0) is 16.6 Å². The molecule has 29 heavy (non-hydrogen) atoms. The molecule has 1 aliphatic carbocycles. The third-order valence-electron chi connectivity index (χ3n) is 5.06. The maximum Gasteiger partial charge on any atom is 0.248 e. The molecule has 3 aromatic rings. The number of anilines is 1. The summed E-state index contributed by atoms with van der Waals surface area (Å²) in [6, 6.07) is 5.28. The number of rotatable bonds is 6. The summed E-state index contributed by atoms with van der Waals surface area (Å²) in [4.78, 5) is 0. The number of halogens is 2. The number of fused-ring (bicyclic) bond motifs is 1. The Bertz CT molecular complexity index is 1100. The first kappa shape index (κ1) is 19.6. The van der Waals surface area contributed by atoms with E-state index in [0.29, 0.717) is 23.3 Å². The van der Waals surface area contributed by atoms with Crippen LogP contribution >= 0.6 is 0 Å². The van der Waals surface area contributed by atoms with Crippen molar-refractivity contribution in [1.29, 1.82) is 0 Å². The molecule has 0 aliphatic heterocycles. The van der Waals surface area contributed by atoms with Crippen LogP contribution in [0.25, 0.3) is 11.0 Å². The van der Waals surface area contributed by atoms with Gasteiger partial charge in [-0.3, -0.25) is 9.40 Å². The summed E-state index contributed by atoms with van der Waals surface area (Å²) in [5.41, 5.74) is 1.18. The smallest absolute Gasteiger partial charge is 0.248 e. The Balaban J connectivity index is 1.61. The lowest BCUT2D eigenvalue weighted by Crippen LogP contribution is -2.35. The van der Waals surface area contributed by atoms with E-state index in [1.807, 2.05) is 6.20 Å². The van der Waals surface area contributed by atoms with Gasteiger partial charge in [0.1, 0.15) is 11.1 Å². The van der Waals surface area contributed by atoms with Crippen LogP contribution in [0.3, 0.4) is 0 Å². The summed E-state index contributed by atoms with van der Waals surface area (Å²) in [6.45, 7) is 0.470. The highest BCUT2D eigenvalue weighted by Crippen LogP contribution is 2.38. The number of nitrogens with one attached hydrogen (secondary N) is 1. The highest BCUT2D eigenvalue weighted by atomic mass is 32.2. The van der Waals surface area contributed by atoms with E-state index in [0.717, 1.165) is 5.56 Å². The molecule has 1 aromatic carbocycles. The molecule has 156 valence electrons. The Labute approximate surface area is 165 Å². The zero-order valence-corrected chi connectivity index (χ0v) is 16.5. The maximum absolute atomic E-state index is 13.4. The first-order valence-electron chi connectivity index (χ1n) is 9.10. The Morgan fingerprint density at radius 1 is 1.34 bits per heavy atom. The molecule has 2 aromatic heterocycles. The molecule has 4 rings (SSSR count). The summed E-state index contributed by atoms with van der Waals surface area (Å²) in [7, 11) is -2.44. The van der Waals surface area contributed by atoms with Gasteiger partial charge in [-0.25, -0.2) is 17.2 Å². The monoisotopic (exact) mass is 426 g/mol. The number of hydrogen-bond acceptors (Lipinski definition) is 6. The normalized spacial score (nSPS) is 17.5. The number of aromatic nitrogens is 3. The predicted octanol–water partition coefficient (Wildman–Crippen LogP) is 3.40. The Kier molecular flexibility index (Phi) is 4.93. The zero-order chi connectivity index (χ0) is 20.6. The third kappa shape index (κ3) is 4.04. The van der Waals surface area contributed by atoms with Gasteiger partial charge < -0.3 is 9.26 Å². The average Bonchev–Trinajstić information content (AvgIpc) is 3.31. The maximum atomic E-state index is 13.4. The lowest BCUT2D eigenvalue weighted by molar-refractivity contribution is -0.0328. The molecular formula is C18H20F2N4O4S. The summed E-state index contributed by atoms with van der Waals surface area (Å²) >= 11 is 0. The molecule has 0 bridgehead atoms. The SMILES string of the molecule is COc1cc(Cn2cccn2)cc2onc(NS(=O)(=O)C3CCC(F)(F)CC3)c12. The van der Waals surface area contributed by atoms with Gasteiger partial charge in [-0.1, -0.05) is 5.16 Å². The van der Waals surface area contributed by atoms with E-state index < -0.39 is 34.0 Å². The van der Waals surface area contributed by atoms with Crippen LogP contribution in [0.1, 0.15) is 31.2 Å². The zero-order valence-electron chi connectivity index (χ0n) is 15.6. The lowest BCUT2D eigenvalue weighted by atomic mass is 9.96. The first-order chi connectivity index (χ1) is 13.8. The lowest BCUT2D eigenvalue weighted by Gasteiger charge is -2.27. The number of nitrogens with zero attached hydrogens (tertiary/aromatic N) is 3. The van der Waals surface area contributed by atoms with E-state index in [9.17, 15) is 17.2 Å². The van der Waals surface area contributed by atoms with Crippen LogP contribution in [0.4, 0.5) is 14.6 Å². The van der Waals surface area contributed by atoms with E-state index in [-0.39, 0.29) is 18.7 Å². The van der Waals surface area contributed by atoms with Crippen LogP contribution in [0.15, 0.2) is 35.1 Å². The van der Waals surface area contributed by atoms with E-state index in [1.165, 1.54) is 7.11 Å². The fourth-order valence-corrected chi connectivity index (χ4v) is 4.97. The van der Waals surface area contributed by atoms with Gasteiger partial charge in [-0.05, 0) is 36.6 Å². The topological polar surface area (TPSA) is 99.2 Å². The molecule has 1 saturated carbocycles. The number of sulfonamides is 1. The number of ether oxygens (including phenoxy) is 1. The second-order valence-corrected chi connectivity index (χ2v) is 9.07. The molecule has 2 heterocycles. The van der Waals surface area contributed by atoms with Crippen LogP contribution in [-0.4, -0.2) is 41.6 Å². The van der Waals surface area contributed by atoms with E-state index in [1.54, 1.807) is 29.1 Å². The number of alkyl halides is 2. The fourth-order valence-electron chi connectivity index (χ4n) is 3.54. The fraction of sp³-hybridized carbons (Fsp3) is 0.444. The average molecular weight is 426 g/mol. The van der Waals surface area contributed by atoms with E-state index >= 15 is 0 Å². The van der Waals surface area contributed by atoms with Crippen molar-refractivity contribution < 1.29 is 26.5 Å². The minimum absolute atomic E-state index is 0.0141. The Morgan fingerprint density at radius 3 is 2.76 bits per heavy atom. The third-order valence-corrected chi connectivity index (χ3v) is 6.89. The summed E-state index contributed by atoms with van der Waals surface area (Å²) in [5.74, 6) is -2.43.